The fourth-order valence-corrected chi connectivity index (χ4v) is 5.73. The Hall–Kier alpha value is -2.58. The van der Waals surface area contributed by atoms with E-state index in [9.17, 15) is 13.2 Å². The first-order chi connectivity index (χ1) is 14.9. The Balaban J connectivity index is 1.47. The normalized spacial score (nSPS) is 16.8. The second-order valence-corrected chi connectivity index (χ2v) is 9.93. The van der Waals surface area contributed by atoms with Gasteiger partial charge in [0.25, 0.3) is 5.91 Å². The minimum Gasteiger partial charge on any atom is -0.493 e. The van der Waals surface area contributed by atoms with Crippen LogP contribution in [0.15, 0.2) is 41.3 Å². The summed E-state index contributed by atoms with van der Waals surface area (Å²) in [6.07, 6.45) is 3.50. The predicted octanol–water partition coefficient (Wildman–Crippen LogP) is 3.15. The molecule has 2 aliphatic rings. The number of benzene rings is 2. The molecule has 0 atom stereocenters. The van der Waals surface area contributed by atoms with Crippen molar-refractivity contribution < 1.29 is 22.7 Å². The molecule has 31 heavy (non-hydrogen) atoms. The van der Waals surface area contributed by atoms with Crippen molar-refractivity contribution in [3.05, 3.63) is 47.5 Å². The fourth-order valence-electron chi connectivity index (χ4n) is 4.16. The SMILES string of the molecule is COc1cc(C)ccc1OCC(=O)N1CCc2cc(S(=O)(=O)N3CCCCC3)ccc21. The maximum absolute atomic E-state index is 13.0. The molecule has 2 aromatic carbocycles. The topological polar surface area (TPSA) is 76.1 Å². The maximum Gasteiger partial charge on any atom is 0.264 e. The summed E-state index contributed by atoms with van der Waals surface area (Å²) >= 11 is 0. The highest BCUT2D eigenvalue weighted by Gasteiger charge is 2.30. The van der Waals surface area contributed by atoms with E-state index >= 15 is 0 Å². The molecule has 0 bridgehead atoms. The molecule has 2 aliphatic heterocycles. The zero-order chi connectivity index (χ0) is 22.0. The lowest BCUT2D eigenvalue weighted by Crippen LogP contribution is -2.35. The van der Waals surface area contributed by atoms with Gasteiger partial charge in [0.05, 0.1) is 12.0 Å². The Morgan fingerprint density at radius 2 is 1.77 bits per heavy atom. The molecule has 0 aliphatic carbocycles. The standard InChI is InChI=1S/C23H28N2O5S/c1-17-6-9-21(22(14-17)29-2)30-16-23(26)25-13-10-18-15-19(7-8-20(18)25)31(27,28)24-11-4-3-5-12-24/h6-9,14-15H,3-5,10-13,16H2,1-2H3. The number of hydrogen-bond acceptors (Lipinski definition) is 5. The molecule has 0 N–H and O–H groups in total. The van der Waals surface area contributed by atoms with Gasteiger partial charge in [0.15, 0.2) is 18.1 Å². The number of piperidine rings is 1. The molecule has 0 radical (unpaired) electrons. The number of anilines is 1. The third-order valence-corrected chi connectivity index (χ3v) is 7.77. The van der Waals surface area contributed by atoms with Crippen molar-refractivity contribution in [2.75, 3.05) is 38.3 Å². The van der Waals surface area contributed by atoms with Crippen LogP contribution in [0.1, 0.15) is 30.4 Å². The smallest absolute Gasteiger partial charge is 0.264 e. The van der Waals surface area contributed by atoms with Gasteiger partial charge in [0.2, 0.25) is 10.0 Å². The number of carbonyl (C=O) groups excluding carboxylic acids is 1. The van der Waals surface area contributed by atoms with Gasteiger partial charge in [-0.1, -0.05) is 12.5 Å². The zero-order valence-corrected chi connectivity index (χ0v) is 18.8. The molecule has 0 saturated carbocycles. The van der Waals surface area contributed by atoms with E-state index < -0.39 is 10.0 Å². The Bertz CT molecular complexity index is 1080. The van der Waals surface area contributed by atoms with Gasteiger partial charge in [-0.25, -0.2) is 8.42 Å². The quantitative estimate of drug-likeness (QED) is 0.684. The fraction of sp³-hybridized carbons (Fsp3) is 0.435. The summed E-state index contributed by atoms with van der Waals surface area (Å²) in [5.74, 6) is 0.930. The molecule has 0 unspecified atom stereocenters. The van der Waals surface area contributed by atoms with E-state index in [0.717, 1.165) is 36.1 Å². The van der Waals surface area contributed by atoms with Crippen LogP contribution in [0.25, 0.3) is 0 Å². The molecule has 2 aromatic rings. The summed E-state index contributed by atoms with van der Waals surface area (Å²) < 4.78 is 38.5. The van der Waals surface area contributed by atoms with Crippen LogP contribution in [0, 0.1) is 6.92 Å². The number of ether oxygens (including phenoxy) is 2. The van der Waals surface area contributed by atoms with Crippen LogP contribution in [0.4, 0.5) is 5.69 Å². The van der Waals surface area contributed by atoms with Gasteiger partial charge in [-0.05, 0) is 67.6 Å². The second-order valence-electron chi connectivity index (χ2n) is 7.99. The molecule has 1 fully saturated rings. The third kappa shape index (κ3) is 4.41. The molecule has 8 heteroatoms. The summed E-state index contributed by atoms with van der Waals surface area (Å²) in [4.78, 5) is 14.8. The summed E-state index contributed by atoms with van der Waals surface area (Å²) in [6, 6.07) is 10.6. The lowest BCUT2D eigenvalue weighted by atomic mass is 10.2. The molecule has 0 aromatic heterocycles. The molecular weight excluding hydrogens is 416 g/mol. The van der Waals surface area contributed by atoms with E-state index in [2.05, 4.69) is 0 Å². The summed E-state index contributed by atoms with van der Waals surface area (Å²) in [6.45, 7) is 3.49. The minimum atomic E-state index is -3.49. The molecule has 166 valence electrons. The van der Waals surface area contributed by atoms with Gasteiger partial charge in [0.1, 0.15) is 0 Å². The first-order valence-corrected chi connectivity index (χ1v) is 12.0. The zero-order valence-electron chi connectivity index (χ0n) is 18.0. The average Bonchev–Trinajstić information content (AvgIpc) is 3.22. The van der Waals surface area contributed by atoms with Crippen LogP contribution in [0.2, 0.25) is 0 Å². The van der Waals surface area contributed by atoms with Crippen LogP contribution in [-0.2, 0) is 21.2 Å². The Morgan fingerprint density at radius 3 is 2.52 bits per heavy atom. The number of fused-ring (bicyclic) bond motifs is 1. The number of hydrogen-bond donors (Lipinski definition) is 0. The van der Waals surface area contributed by atoms with Crippen molar-refractivity contribution in [3.8, 4) is 11.5 Å². The number of carbonyl (C=O) groups is 1. The lowest BCUT2D eigenvalue weighted by Gasteiger charge is -2.26. The van der Waals surface area contributed by atoms with E-state index in [-0.39, 0.29) is 12.5 Å². The van der Waals surface area contributed by atoms with E-state index in [1.807, 2.05) is 19.1 Å². The molecular formula is C23H28N2O5S. The van der Waals surface area contributed by atoms with Gasteiger partial charge in [-0.3, -0.25) is 4.79 Å². The maximum atomic E-state index is 13.0. The van der Waals surface area contributed by atoms with Crippen molar-refractivity contribution in [2.24, 2.45) is 0 Å². The molecule has 2 heterocycles. The van der Waals surface area contributed by atoms with Crippen molar-refractivity contribution in [3.63, 3.8) is 0 Å². The van der Waals surface area contributed by atoms with Gasteiger partial charge < -0.3 is 14.4 Å². The van der Waals surface area contributed by atoms with Crippen LogP contribution in [-0.4, -0.2) is 52.0 Å². The third-order valence-electron chi connectivity index (χ3n) is 5.87. The first kappa shape index (κ1) is 21.6. The van der Waals surface area contributed by atoms with Crippen molar-refractivity contribution in [2.45, 2.75) is 37.5 Å². The van der Waals surface area contributed by atoms with E-state index in [0.29, 0.717) is 42.4 Å². The van der Waals surface area contributed by atoms with Gasteiger partial charge in [-0.2, -0.15) is 4.31 Å². The monoisotopic (exact) mass is 444 g/mol. The number of amides is 1. The largest absolute Gasteiger partial charge is 0.493 e. The van der Waals surface area contributed by atoms with Gasteiger partial charge in [-0.15, -0.1) is 0 Å². The van der Waals surface area contributed by atoms with Crippen LogP contribution in [0.3, 0.4) is 0 Å². The number of methoxy groups -OCH3 is 1. The van der Waals surface area contributed by atoms with Gasteiger partial charge in [0, 0.05) is 25.3 Å². The number of rotatable bonds is 6. The van der Waals surface area contributed by atoms with Crippen LogP contribution >= 0.6 is 0 Å². The molecule has 1 amide bonds. The second kappa shape index (κ2) is 8.88. The summed E-state index contributed by atoms with van der Waals surface area (Å²) in [5.41, 5.74) is 2.67. The highest BCUT2D eigenvalue weighted by Crippen LogP contribution is 2.32. The molecule has 1 saturated heterocycles. The minimum absolute atomic E-state index is 0.118. The Morgan fingerprint density at radius 1 is 1.00 bits per heavy atom. The average molecular weight is 445 g/mol. The van der Waals surface area contributed by atoms with E-state index in [4.69, 9.17) is 9.47 Å². The molecule has 0 spiro atoms. The number of aryl methyl sites for hydroxylation is 1. The predicted molar refractivity (Wildman–Crippen MR) is 118 cm³/mol. The molecule has 4 rings (SSSR count). The van der Waals surface area contributed by atoms with Crippen molar-refractivity contribution in [1.29, 1.82) is 0 Å². The van der Waals surface area contributed by atoms with Crippen molar-refractivity contribution in [1.82, 2.24) is 4.31 Å². The molecule has 7 nitrogen and oxygen atoms in total. The van der Waals surface area contributed by atoms with Crippen LogP contribution < -0.4 is 14.4 Å². The van der Waals surface area contributed by atoms with Crippen molar-refractivity contribution >= 4 is 21.6 Å². The Labute approximate surface area is 183 Å². The Kier molecular flexibility index (Phi) is 6.20. The summed E-state index contributed by atoms with van der Waals surface area (Å²) in [7, 11) is -1.92. The van der Waals surface area contributed by atoms with E-state index in [1.165, 1.54) is 0 Å². The highest BCUT2D eigenvalue weighted by atomic mass is 32.2. The highest BCUT2D eigenvalue weighted by molar-refractivity contribution is 7.89. The van der Waals surface area contributed by atoms with Crippen LogP contribution in [0.5, 0.6) is 11.5 Å². The van der Waals surface area contributed by atoms with E-state index in [1.54, 1.807) is 40.6 Å². The number of sulfonamides is 1. The summed E-state index contributed by atoms with van der Waals surface area (Å²) in [5, 5.41) is 0. The number of nitrogens with zero attached hydrogens (tertiary/aromatic N) is 2. The van der Waals surface area contributed by atoms with Gasteiger partial charge >= 0.3 is 0 Å². The lowest BCUT2D eigenvalue weighted by molar-refractivity contribution is -0.120. The first-order valence-electron chi connectivity index (χ1n) is 10.6.